The van der Waals surface area contributed by atoms with E-state index in [2.05, 4.69) is 0 Å². The fraction of sp³-hybridized carbons (Fsp3) is 0.400. The van der Waals surface area contributed by atoms with E-state index < -0.39 is 17.9 Å². The molecule has 2 aromatic carbocycles. The fourth-order valence-corrected chi connectivity index (χ4v) is 3.39. The minimum Gasteiger partial charge on any atom is -0.454 e. The lowest BCUT2D eigenvalue weighted by molar-refractivity contribution is -0.00297. The molecule has 2 aliphatic heterocycles. The van der Waals surface area contributed by atoms with Gasteiger partial charge in [0.05, 0.1) is 17.9 Å². The molecule has 28 heavy (non-hydrogen) atoms. The quantitative estimate of drug-likeness (QED) is 0.516. The molecular formula is C20H24N2O6. The third-order valence-electron chi connectivity index (χ3n) is 5.07. The number of aliphatic hydroxyl groups excluding tert-OH is 2. The van der Waals surface area contributed by atoms with E-state index in [4.69, 9.17) is 30.4 Å². The van der Waals surface area contributed by atoms with Gasteiger partial charge in [-0.25, -0.2) is 0 Å². The van der Waals surface area contributed by atoms with Crippen LogP contribution in [0.15, 0.2) is 36.4 Å². The summed E-state index contributed by atoms with van der Waals surface area (Å²) in [6.07, 6.45) is -1.12. The van der Waals surface area contributed by atoms with Crippen molar-refractivity contribution in [2.45, 2.75) is 37.1 Å². The number of hydrogen-bond donors (Lipinski definition) is 4. The summed E-state index contributed by atoms with van der Waals surface area (Å²) in [5.41, 5.74) is 12.7. The van der Waals surface area contributed by atoms with E-state index in [-0.39, 0.29) is 20.0 Å². The summed E-state index contributed by atoms with van der Waals surface area (Å²) in [5, 5.41) is 20.8. The van der Waals surface area contributed by atoms with Gasteiger partial charge in [0.15, 0.2) is 23.0 Å². The molecule has 8 heteroatoms. The lowest BCUT2D eigenvalue weighted by Crippen LogP contribution is -2.50. The van der Waals surface area contributed by atoms with Gasteiger partial charge in [0, 0.05) is 6.42 Å². The zero-order valence-corrected chi connectivity index (χ0v) is 15.3. The normalized spacial score (nSPS) is 16.9. The maximum Gasteiger partial charge on any atom is 0.231 e. The molecule has 0 saturated heterocycles. The Morgan fingerprint density at radius 2 is 1.43 bits per heavy atom. The van der Waals surface area contributed by atoms with E-state index in [1.165, 1.54) is 0 Å². The van der Waals surface area contributed by atoms with E-state index in [1.54, 1.807) is 18.2 Å². The molecule has 2 aliphatic rings. The lowest BCUT2D eigenvalue weighted by Gasteiger charge is -2.30. The van der Waals surface area contributed by atoms with Crippen molar-refractivity contribution in [3.05, 3.63) is 47.5 Å². The highest BCUT2D eigenvalue weighted by atomic mass is 16.7. The second-order valence-corrected chi connectivity index (χ2v) is 7.17. The summed E-state index contributed by atoms with van der Waals surface area (Å²) in [6, 6.07) is 10.8. The van der Waals surface area contributed by atoms with Crippen molar-refractivity contribution < 1.29 is 29.2 Å². The Kier molecular flexibility index (Phi) is 5.03. The summed E-state index contributed by atoms with van der Waals surface area (Å²) < 4.78 is 21.3. The van der Waals surface area contributed by atoms with Crippen molar-refractivity contribution in [3.63, 3.8) is 0 Å². The molecule has 0 aromatic heterocycles. The molecule has 0 fully saturated rings. The average molecular weight is 388 g/mol. The summed E-state index contributed by atoms with van der Waals surface area (Å²) in [7, 11) is 0. The zero-order chi connectivity index (χ0) is 19.7. The molecule has 6 N–H and O–H groups in total. The van der Waals surface area contributed by atoms with Crippen molar-refractivity contribution in [3.8, 4) is 23.0 Å². The highest BCUT2D eigenvalue weighted by Crippen LogP contribution is 2.35. The molecule has 0 amide bonds. The molecule has 0 radical (unpaired) electrons. The first kappa shape index (κ1) is 18.8. The minimum atomic E-state index is -1.32. The predicted molar refractivity (Wildman–Crippen MR) is 100 cm³/mol. The van der Waals surface area contributed by atoms with Gasteiger partial charge in [0.2, 0.25) is 13.6 Å². The number of aryl methyl sites for hydroxylation is 1. The van der Waals surface area contributed by atoms with Gasteiger partial charge in [-0.3, -0.25) is 0 Å². The van der Waals surface area contributed by atoms with Gasteiger partial charge in [0.1, 0.15) is 0 Å². The predicted octanol–water partition coefficient (Wildman–Crippen LogP) is 0.959. The minimum absolute atomic E-state index is 0.00501. The molecular weight excluding hydrogens is 364 g/mol. The molecule has 2 unspecified atom stereocenters. The van der Waals surface area contributed by atoms with Crippen LogP contribution >= 0.6 is 0 Å². The van der Waals surface area contributed by atoms with Crippen molar-refractivity contribution in [2.75, 3.05) is 13.6 Å². The molecule has 2 aromatic rings. The van der Waals surface area contributed by atoms with Crippen LogP contribution in [0.1, 0.15) is 24.0 Å². The molecule has 0 saturated carbocycles. The second-order valence-electron chi connectivity index (χ2n) is 7.17. The molecule has 0 bridgehead atoms. The SMILES string of the molecule is NC(N)(CC(O)C(O)CCc1ccc2c(c1)OCO2)c1ccc2c(c1)OCO2. The lowest BCUT2D eigenvalue weighted by atomic mass is 9.91. The number of aliphatic hydroxyl groups is 2. The van der Waals surface area contributed by atoms with Crippen LogP contribution in [0, 0.1) is 0 Å². The standard InChI is InChI=1S/C20H24N2O6/c21-20(22,13-3-6-17-19(8-13)28-11-26-17)9-15(24)14(23)4-1-12-2-5-16-18(7-12)27-10-25-16/h2-3,5-8,14-15,23-24H,1,4,9-11,21-22H2. The fourth-order valence-electron chi connectivity index (χ4n) is 3.39. The first-order chi connectivity index (χ1) is 13.4. The molecule has 0 aliphatic carbocycles. The third kappa shape index (κ3) is 3.85. The van der Waals surface area contributed by atoms with Crippen molar-refractivity contribution in [2.24, 2.45) is 11.5 Å². The zero-order valence-electron chi connectivity index (χ0n) is 15.3. The highest BCUT2D eigenvalue weighted by molar-refractivity contribution is 5.46. The van der Waals surface area contributed by atoms with Crippen LogP contribution in [0.5, 0.6) is 23.0 Å². The van der Waals surface area contributed by atoms with E-state index in [0.29, 0.717) is 41.4 Å². The Bertz CT molecular complexity index is 857. The molecule has 0 spiro atoms. The summed E-state index contributed by atoms with van der Waals surface area (Å²) >= 11 is 0. The Morgan fingerprint density at radius 3 is 2.14 bits per heavy atom. The Morgan fingerprint density at radius 1 is 0.821 bits per heavy atom. The van der Waals surface area contributed by atoms with Gasteiger partial charge in [-0.05, 0) is 48.2 Å². The summed E-state index contributed by atoms with van der Waals surface area (Å²) in [5.74, 6) is 2.60. The number of nitrogens with two attached hydrogens (primary N) is 2. The molecule has 2 atom stereocenters. The Hall–Kier alpha value is -2.52. The Balaban J connectivity index is 1.35. The van der Waals surface area contributed by atoms with Crippen LogP contribution in [0.25, 0.3) is 0 Å². The smallest absolute Gasteiger partial charge is 0.231 e. The van der Waals surface area contributed by atoms with Crippen molar-refractivity contribution in [1.29, 1.82) is 0 Å². The van der Waals surface area contributed by atoms with Crippen molar-refractivity contribution in [1.82, 2.24) is 0 Å². The van der Waals surface area contributed by atoms with Crippen molar-refractivity contribution >= 4 is 0 Å². The molecule has 2 heterocycles. The first-order valence-corrected chi connectivity index (χ1v) is 9.15. The molecule has 8 nitrogen and oxygen atoms in total. The highest BCUT2D eigenvalue weighted by Gasteiger charge is 2.30. The number of ether oxygens (including phenoxy) is 4. The average Bonchev–Trinajstić information content (AvgIpc) is 3.33. The van der Waals surface area contributed by atoms with Gasteiger partial charge in [-0.15, -0.1) is 0 Å². The maximum absolute atomic E-state index is 10.4. The van der Waals surface area contributed by atoms with Crippen LogP contribution in [0.2, 0.25) is 0 Å². The van der Waals surface area contributed by atoms with Gasteiger partial charge < -0.3 is 40.6 Å². The van der Waals surface area contributed by atoms with E-state index in [1.807, 2.05) is 18.2 Å². The topological polar surface area (TPSA) is 129 Å². The maximum atomic E-state index is 10.4. The van der Waals surface area contributed by atoms with Crippen LogP contribution in [0.3, 0.4) is 0 Å². The number of rotatable bonds is 7. The third-order valence-corrected chi connectivity index (χ3v) is 5.07. The van der Waals surface area contributed by atoms with Crippen LogP contribution < -0.4 is 30.4 Å². The first-order valence-electron chi connectivity index (χ1n) is 9.15. The Labute approximate surface area is 162 Å². The summed E-state index contributed by atoms with van der Waals surface area (Å²) in [4.78, 5) is 0. The van der Waals surface area contributed by atoms with Gasteiger partial charge >= 0.3 is 0 Å². The number of benzene rings is 2. The van der Waals surface area contributed by atoms with Crippen LogP contribution in [-0.4, -0.2) is 36.0 Å². The van der Waals surface area contributed by atoms with Gasteiger partial charge in [0.25, 0.3) is 0 Å². The van der Waals surface area contributed by atoms with Crippen LogP contribution in [-0.2, 0) is 12.1 Å². The van der Waals surface area contributed by atoms with Crippen LogP contribution in [0.4, 0.5) is 0 Å². The van der Waals surface area contributed by atoms with E-state index in [0.717, 1.165) is 5.56 Å². The monoisotopic (exact) mass is 388 g/mol. The molecule has 150 valence electrons. The summed E-state index contributed by atoms with van der Waals surface area (Å²) in [6.45, 7) is 0.372. The second kappa shape index (κ2) is 7.48. The number of hydrogen-bond acceptors (Lipinski definition) is 8. The van der Waals surface area contributed by atoms with E-state index in [9.17, 15) is 10.2 Å². The van der Waals surface area contributed by atoms with Gasteiger partial charge in [-0.1, -0.05) is 12.1 Å². The van der Waals surface area contributed by atoms with E-state index >= 15 is 0 Å². The number of fused-ring (bicyclic) bond motifs is 2. The molecule has 4 rings (SSSR count). The largest absolute Gasteiger partial charge is 0.454 e. The van der Waals surface area contributed by atoms with Gasteiger partial charge in [-0.2, -0.15) is 0 Å².